The summed E-state index contributed by atoms with van der Waals surface area (Å²) >= 11 is 0. The first-order valence-corrected chi connectivity index (χ1v) is 7.03. The average molecular weight is 256 g/mol. The third kappa shape index (κ3) is 6.36. The summed E-state index contributed by atoms with van der Waals surface area (Å²) in [6.07, 6.45) is 2.38. The minimum Gasteiger partial charge on any atom is -0.366 e. The van der Waals surface area contributed by atoms with Gasteiger partial charge in [-0.25, -0.2) is 0 Å². The molecule has 1 heterocycles. The molecule has 106 valence electrons. The van der Waals surface area contributed by atoms with Gasteiger partial charge in [-0.1, -0.05) is 6.92 Å². The molecule has 1 saturated heterocycles. The van der Waals surface area contributed by atoms with Crippen molar-refractivity contribution in [1.82, 2.24) is 10.2 Å². The minimum absolute atomic E-state index is 0.00264. The highest BCUT2D eigenvalue weighted by Gasteiger charge is 2.19. The normalized spacial score (nSPS) is 18.9. The van der Waals surface area contributed by atoms with Crippen molar-refractivity contribution >= 4 is 5.91 Å². The van der Waals surface area contributed by atoms with Crippen LogP contribution in [0.3, 0.4) is 0 Å². The highest BCUT2D eigenvalue weighted by atomic mass is 16.5. The van der Waals surface area contributed by atoms with Gasteiger partial charge in [0.2, 0.25) is 5.91 Å². The summed E-state index contributed by atoms with van der Waals surface area (Å²) in [5.41, 5.74) is -0.246. The maximum Gasteiger partial charge on any atom is 0.246 e. The van der Waals surface area contributed by atoms with Crippen LogP contribution in [-0.4, -0.2) is 49.2 Å². The molecule has 1 fully saturated rings. The fourth-order valence-electron chi connectivity index (χ4n) is 2.10. The number of nitrogens with one attached hydrogen (secondary N) is 1. The molecule has 1 aliphatic rings. The van der Waals surface area contributed by atoms with Gasteiger partial charge >= 0.3 is 0 Å². The van der Waals surface area contributed by atoms with Crippen molar-refractivity contribution in [1.29, 1.82) is 0 Å². The molecule has 0 bridgehead atoms. The predicted octanol–water partition coefficient (Wildman–Crippen LogP) is 1.65. The number of hydrogen-bond donors (Lipinski definition) is 1. The molecule has 0 aromatic heterocycles. The summed E-state index contributed by atoms with van der Waals surface area (Å²) in [5, 5.41) is 2.98. The molecule has 0 radical (unpaired) electrons. The number of nitrogens with zero attached hydrogens (tertiary/aromatic N) is 1. The van der Waals surface area contributed by atoms with Gasteiger partial charge in [-0.15, -0.1) is 0 Å². The van der Waals surface area contributed by atoms with Crippen molar-refractivity contribution < 1.29 is 9.53 Å². The van der Waals surface area contributed by atoms with Crippen LogP contribution in [0, 0.1) is 5.92 Å². The molecule has 18 heavy (non-hydrogen) atoms. The molecule has 4 nitrogen and oxygen atoms in total. The van der Waals surface area contributed by atoms with Crippen molar-refractivity contribution in [2.75, 3.05) is 32.8 Å². The zero-order valence-electron chi connectivity index (χ0n) is 12.3. The Morgan fingerprint density at radius 3 is 2.44 bits per heavy atom. The molecule has 0 aliphatic carbocycles. The molecule has 1 aliphatic heterocycles. The number of carbonyl (C=O) groups excluding carboxylic acids is 1. The first-order valence-electron chi connectivity index (χ1n) is 7.03. The largest absolute Gasteiger partial charge is 0.366 e. The van der Waals surface area contributed by atoms with Gasteiger partial charge in [0, 0.05) is 6.54 Å². The van der Waals surface area contributed by atoms with Crippen LogP contribution < -0.4 is 5.32 Å². The molecule has 4 heteroatoms. The summed E-state index contributed by atoms with van der Waals surface area (Å²) in [6, 6.07) is 0. The SMILES string of the molecule is CCN1CCC(CNC(=O)COC(C)(C)C)CC1. The zero-order chi connectivity index (χ0) is 13.6. The Bertz CT molecular complexity index is 253. The van der Waals surface area contributed by atoms with Gasteiger partial charge in [0.25, 0.3) is 0 Å². The number of piperidine rings is 1. The van der Waals surface area contributed by atoms with Crippen molar-refractivity contribution in [2.45, 2.75) is 46.1 Å². The molecule has 0 aromatic carbocycles. The lowest BCUT2D eigenvalue weighted by atomic mass is 9.97. The standard InChI is InChI=1S/C14H28N2O2/c1-5-16-8-6-12(7-9-16)10-15-13(17)11-18-14(2,3)4/h12H,5-11H2,1-4H3,(H,15,17). The second kappa shape index (κ2) is 7.10. The van der Waals surface area contributed by atoms with E-state index in [1.54, 1.807) is 0 Å². The second-order valence-electron chi connectivity index (χ2n) is 6.08. The van der Waals surface area contributed by atoms with Crippen LogP contribution >= 0.6 is 0 Å². The Labute approximate surface area is 111 Å². The van der Waals surface area contributed by atoms with E-state index in [9.17, 15) is 4.79 Å². The van der Waals surface area contributed by atoms with E-state index in [2.05, 4.69) is 17.1 Å². The maximum atomic E-state index is 11.6. The smallest absolute Gasteiger partial charge is 0.246 e. The van der Waals surface area contributed by atoms with Crippen LogP contribution in [0.2, 0.25) is 0 Å². The van der Waals surface area contributed by atoms with Crippen LogP contribution in [-0.2, 0) is 9.53 Å². The van der Waals surface area contributed by atoms with Gasteiger partial charge in [-0.2, -0.15) is 0 Å². The fraction of sp³-hybridized carbons (Fsp3) is 0.929. The van der Waals surface area contributed by atoms with Gasteiger partial charge in [0.15, 0.2) is 0 Å². The predicted molar refractivity (Wildman–Crippen MR) is 73.6 cm³/mol. The topological polar surface area (TPSA) is 41.6 Å². The molecule has 0 atom stereocenters. The van der Waals surface area contributed by atoms with Gasteiger partial charge in [0.05, 0.1) is 5.60 Å². The number of carbonyl (C=O) groups is 1. The van der Waals surface area contributed by atoms with Gasteiger partial charge in [0.1, 0.15) is 6.61 Å². The lowest BCUT2D eigenvalue weighted by molar-refractivity contribution is -0.130. The number of ether oxygens (including phenoxy) is 1. The Balaban J connectivity index is 2.12. The number of amides is 1. The monoisotopic (exact) mass is 256 g/mol. The van der Waals surface area contributed by atoms with Gasteiger partial charge in [-0.05, 0) is 59.2 Å². The summed E-state index contributed by atoms with van der Waals surface area (Å²) in [6.45, 7) is 12.5. The Kier molecular flexibility index (Phi) is 6.09. The molecule has 0 spiro atoms. The molecule has 1 N–H and O–H groups in total. The maximum absolute atomic E-state index is 11.6. The summed E-state index contributed by atoms with van der Waals surface area (Å²) < 4.78 is 5.45. The highest BCUT2D eigenvalue weighted by Crippen LogP contribution is 2.15. The van der Waals surface area contributed by atoms with E-state index in [4.69, 9.17) is 4.74 Å². The van der Waals surface area contributed by atoms with E-state index < -0.39 is 0 Å². The average Bonchev–Trinajstić information content (AvgIpc) is 2.33. The molecule has 1 rings (SSSR count). The van der Waals surface area contributed by atoms with E-state index in [1.165, 1.54) is 12.8 Å². The van der Waals surface area contributed by atoms with Gasteiger partial charge in [-0.3, -0.25) is 4.79 Å². The summed E-state index contributed by atoms with van der Waals surface area (Å²) in [5.74, 6) is 0.634. The van der Waals surface area contributed by atoms with Crippen LogP contribution in [0.25, 0.3) is 0 Å². The quantitative estimate of drug-likeness (QED) is 0.813. The molecular weight excluding hydrogens is 228 g/mol. The summed E-state index contributed by atoms with van der Waals surface area (Å²) in [4.78, 5) is 14.1. The van der Waals surface area contributed by atoms with Crippen molar-refractivity contribution in [2.24, 2.45) is 5.92 Å². The molecule has 1 amide bonds. The Morgan fingerprint density at radius 2 is 1.94 bits per heavy atom. The summed E-state index contributed by atoms with van der Waals surface area (Å²) in [7, 11) is 0. The third-order valence-corrected chi connectivity index (χ3v) is 3.38. The third-order valence-electron chi connectivity index (χ3n) is 3.38. The van der Waals surface area contributed by atoms with Crippen LogP contribution in [0.1, 0.15) is 40.5 Å². The molecular formula is C14H28N2O2. The van der Waals surface area contributed by atoms with Crippen molar-refractivity contribution in [3.8, 4) is 0 Å². The van der Waals surface area contributed by atoms with Crippen LogP contribution in [0.15, 0.2) is 0 Å². The first-order chi connectivity index (χ1) is 8.40. The van der Waals surface area contributed by atoms with Crippen molar-refractivity contribution in [3.05, 3.63) is 0 Å². The molecule has 0 aromatic rings. The minimum atomic E-state index is -0.246. The second-order valence-corrected chi connectivity index (χ2v) is 6.08. The van der Waals surface area contributed by atoms with Crippen LogP contribution in [0.4, 0.5) is 0 Å². The van der Waals surface area contributed by atoms with Crippen molar-refractivity contribution in [3.63, 3.8) is 0 Å². The van der Waals surface area contributed by atoms with E-state index in [1.807, 2.05) is 20.8 Å². The lowest BCUT2D eigenvalue weighted by Crippen LogP contribution is -2.40. The Morgan fingerprint density at radius 1 is 1.33 bits per heavy atom. The van der Waals surface area contributed by atoms with Gasteiger partial charge < -0.3 is 15.0 Å². The highest BCUT2D eigenvalue weighted by molar-refractivity contribution is 5.77. The lowest BCUT2D eigenvalue weighted by Gasteiger charge is -2.31. The number of hydrogen-bond acceptors (Lipinski definition) is 3. The van der Waals surface area contributed by atoms with E-state index >= 15 is 0 Å². The number of rotatable bonds is 5. The van der Waals surface area contributed by atoms with E-state index in [0.717, 1.165) is 26.2 Å². The number of likely N-dealkylation sites (tertiary alicyclic amines) is 1. The molecule has 0 unspecified atom stereocenters. The first kappa shape index (κ1) is 15.4. The zero-order valence-corrected chi connectivity index (χ0v) is 12.3. The fourth-order valence-corrected chi connectivity index (χ4v) is 2.10. The van der Waals surface area contributed by atoms with E-state index in [0.29, 0.717) is 5.92 Å². The Hall–Kier alpha value is -0.610. The van der Waals surface area contributed by atoms with E-state index in [-0.39, 0.29) is 18.1 Å². The van der Waals surface area contributed by atoms with Crippen LogP contribution in [0.5, 0.6) is 0 Å². The molecule has 0 saturated carbocycles.